The molecule has 2 aromatic carbocycles. The SMILES string of the molecule is Cc1cc([C@@H](C)Nc2ccccc2C(=O)O)c2nc(CC3CCCC3)n(C)c(=O)c2c1. The zero-order valence-corrected chi connectivity index (χ0v) is 18.3. The molecule has 1 saturated carbocycles. The second kappa shape index (κ2) is 8.53. The van der Waals surface area contributed by atoms with E-state index in [1.807, 2.05) is 39.1 Å². The summed E-state index contributed by atoms with van der Waals surface area (Å²) in [5, 5.41) is 13.4. The molecule has 1 atom stereocenters. The van der Waals surface area contributed by atoms with Crippen molar-refractivity contribution in [2.24, 2.45) is 13.0 Å². The first kappa shape index (κ1) is 21.1. The molecule has 0 spiro atoms. The number of benzene rings is 2. The van der Waals surface area contributed by atoms with Crippen LogP contribution in [0.15, 0.2) is 41.2 Å². The molecule has 1 aliphatic rings. The van der Waals surface area contributed by atoms with Crippen LogP contribution < -0.4 is 10.9 Å². The van der Waals surface area contributed by atoms with Gasteiger partial charge in [0.05, 0.1) is 22.5 Å². The van der Waals surface area contributed by atoms with Gasteiger partial charge in [-0.05, 0) is 43.5 Å². The number of carboxylic acid groups (broad SMARTS) is 1. The van der Waals surface area contributed by atoms with Crippen LogP contribution in [0.1, 0.15) is 66.0 Å². The lowest BCUT2D eigenvalue weighted by atomic mass is 9.99. The molecule has 1 heterocycles. The zero-order valence-electron chi connectivity index (χ0n) is 18.3. The van der Waals surface area contributed by atoms with Gasteiger partial charge < -0.3 is 10.4 Å². The number of aromatic carboxylic acids is 1. The van der Waals surface area contributed by atoms with E-state index in [1.165, 1.54) is 25.7 Å². The third kappa shape index (κ3) is 4.20. The summed E-state index contributed by atoms with van der Waals surface area (Å²) in [5.74, 6) is 0.435. The summed E-state index contributed by atoms with van der Waals surface area (Å²) in [6.45, 7) is 3.94. The lowest BCUT2D eigenvalue weighted by molar-refractivity contribution is 0.0698. The molecule has 0 amide bonds. The first-order chi connectivity index (χ1) is 14.8. The standard InChI is InChI=1S/C25H29N3O3/c1-15-12-19(16(2)26-21-11-7-6-10-18(21)25(30)31)23-20(13-15)24(29)28(3)22(27-23)14-17-8-4-5-9-17/h6-7,10-13,16-17,26H,4-5,8-9,14H2,1-3H3,(H,30,31)/t16-/m1/s1. The molecular formula is C25H29N3O3. The van der Waals surface area contributed by atoms with Crippen LogP contribution in [0.3, 0.4) is 0 Å². The normalized spacial score (nSPS) is 15.3. The summed E-state index contributed by atoms with van der Waals surface area (Å²) in [7, 11) is 1.81. The average Bonchev–Trinajstić information content (AvgIpc) is 3.25. The first-order valence-electron chi connectivity index (χ1n) is 10.9. The first-order valence-corrected chi connectivity index (χ1v) is 10.9. The maximum absolute atomic E-state index is 13.2. The van der Waals surface area contributed by atoms with E-state index < -0.39 is 5.97 Å². The molecule has 0 radical (unpaired) electrons. The van der Waals surface area contributed by atoms with Crippen molar-refractivity contribution in [3.63, 3.8) is 0 Å². The number of nitrogens with one attached hydrogen (secondary N) is 1. The summed E-state index contributed by atoms with van der Waals surface area (Å²) in [6.07, 6.45) is 5.71. The lowest BCUT2D eigenvalue weighted by Gasteiger charge is -2.20. The van der Waals surface area contributed by atoms with E-state index >= 15 is 0 Å². The Morgan fingerprint density at radius 2 is 1.97 bits per heavy atom. The molecule has 0 saturated heterocycles. The summed E-state index contributed by atoms with van der Waals surface area (Å²) in [6, 6.07) is 10.6. The Bertz CT molecular complexity index is 1190. The summed E-state index contributed by atoms with van der Waals surface area (Å²) in [5.41, 5.74) is 3.32. The minimum absolute atomic E-state index is 0.0268. The van der Waals surface area contributed by atoms with E-state index in [4.69, 9.17) is 4.98 Å². The van der Waals surface area contributed by atoms with Crippen molar-refractivity contribution in [3.8, 4) is 0 Å². The molecule has 1 aromatic heterocycles. The maximum atomic E-state index is 13.2. The molecule has 162 valence electrons. The quantitative estimate of drug-likeness (QED) is 0.597. The fourth-order valence-corrected chi connectivity index (χ4v) is 4.69. The van der Waals surface area contributed by atoms with E-state index in [9.17, 15) is 14.7 Å². The molecule has 0 bridgehead atoms. The molecule has 3 aromatic rings. The Morgan fingerprint density at radius 1 is 1.26 bits per heavy atom. The highest BCUT2D eigenvalue weighted by molar-refractivity contribution is 5.94. The van der Waals surface area contributed by atoms with Crippen molar-refractivity contribution in [1.82, 2.24) is 9.55 Å². The van der Waals surface area contributed by atoms with E-state index in [2.05, 4.69) is 5.32 Å². The van der Waals surface area contributed by atoms with Crippen LogP contribution in [0.2, 0.25) is 0 Å². The number of para-hydroxylation sites is 1. The summed E-state index contributed by atoms with van der Waals surface area (Å²) < 4.78 is 1.70. The number of carboxylic acids is 1. The minimum atomic E-state index is -0.977. The van der Waals surface area contributed by atoms with Gasteiger partial charge in [-0.3, -0.25) is 9.36 Å². The van der Waals surface area contributed by atoms with E-state index in [-0.39, 0.29) is 17.2 Å². The van der Waals surface area contributed by atoms with Crippen LogP contribution in [0.25, 0.3) is 10.9 Å². The molecule has 6 heteroatoms. The Labute approximate surface area is 181 Å². The van der Waals surface area contributed by atoms with Gasteiger partial charge in [0.2, 0.25) is 0 Å². The Hall–Kier alpha value is -3.15. The number of fused-ring (bicyclic) bond motifs is 1. The number of carbonyl (C=O) groups is 1. The van der Waals surface area contributed by atoms with Crippen LogP contribution in [0.5, 0.6) is 0 Å². The van der Waals surface area contributed by atoms with Gasteiger partial charge in [0.1, 0.15) is 5.82 Å². The van der Waals surface area contributed by atoms with Gasteiger partial charge in [0.15, 0.2) is 0 Å². The van der Waals surface area contributed by atoms with E-state index in [0.29, 0.717) is 22.5 Å². The molecular weight excluding hydrogens is 390 g/mol. The molecule has 0 unspecified atom stereocenters. The molecule has 6 nitrogen and oxygen atoms in total. The molecule has 1 aliphatic carbocycles. The zero-order chi connectivity index (χ0) is 22.1. The van der Waals surface area contributed by atoms with Crippen molar-refractivity contribution in [2.45, 2.75) is 52.0 Å². The number of anilines is 1. The van der Waals surface area contributed by atoms with Crippen molar-refractivity contribution < 1.29 is 9.90 Å². The fraction of sp³-hybridized carbons (Fsp3) is 0.400. The Balaban J connectivity index is 1.78. The van der Waals surface area contributed by atoms with Gasteiger partial charge in [0.25, 0.3) is 5.56 Å². The minimum Gasteiger partial charge on any atom is -0.478 e. The van der Waals surface area contributed by atoms with E-state index in [0.717, 1.165) is 23.4 Å². The van der Waals surface area contributed by atoms with Gasteiger partial charge >= 0.3 is 5.97 Å². The van der Waals surface area contributed by atoms with Gasteiger partial charge in [0, 0.05) is 24.7 Å². The van der Waals surface area contributed by atoms with Crippen molar-refractivity contribution >= 4 is 22.6 Å². The Morgan fingerprint density at radius 3 is 2.68 bits per heavy atom. The van der Waals surface area contributed by atoms with E-state index in [1.54, 1.807) is 22.8 Å². The fourth-order valence-electron chi connectivity index (χ4n) is 4.69. The Kier molecular flexibility index (Phi) is 5.81. The van der Waals surface area contributed by atoms with Crippen LogP contribution in [-0.4, -0.2) is 20.6 Å². The second-order valence-electron chi connectivity index (χ2n) is 8.71. The van der Waals surface area contributed by atoms with Crippen LogP contribution in [-0.2, 0) is 13.5 Å². The van der Waals surface area contributed by atoms with Crippen LogP contribution in [0.4, 0.5) is 5.69 Å². The number of hydrogen-bond acceptors (Lipinski definition) is 4. The predicted octanol–water partition coefficient (Wildman–Crippen LogP) is 4.85. The lowest BCUT2D eigenvalue weighted by Crippen LogP contribution is -2.25. The van der Waals surface area contributed by atoms with Crippen molar-refractivity contribution in [2.75, 3.05) is 5.32 Å². The molecule has 2 N–H and O–H groups in total. The number of aromatic nitrogens is 2. The topological polar surface area (TPSA) is 84.2 Å². The van der Waals surface area contributed by atoms with Crippen LogP contribution in [0, 0.1) is 12.8 Å². The summed E-state index contributed by atoms with van der Waals surface area (Å²) >= 11 is 0. The average molecular weight is 420 g/mol. The second-order valence-corrected chi connectivity index (χ2v) is 8.71. The number of hydrogen-bond donors (Lipinski definition) is 2. The predicted molar refractivity (Wildman–Crippen MR) is 123 cm³/mol. The number of rotatable bonds is 6. The highest BCUT2D eigenvalue weighted by Gasteiger charge is 2.21. The van der Waals surface area contributed by atoms with Gasteiger partial charge in [-0.1, -0.05) is 43.9 Å². The highest BCUT2D eigenvalue weighted by Crippen LogP contribution is 2.30. The molecule has 1 fully saturated rings. The van der Waals surface area contributed by atoms with Gasteiger partial charge in [-0.25, -0.2) is 9.78 Å². The smallest absolute Gasteiger partial charge is 0.337 e. The summed E-state index contributed by atoms with van der Waals surface area (Å²) in [4.78, 5) is 29.7. The number of aryl methyl sites for hydroxylation is 1. The molecule has 4 rings (SSSR count). The number of nitrogens with zero attached hydrogens (tertiary/aromatic N) is 2. The van der Waals surface area contributed by atoms with Crippen molar-refractivity contribution in [3.05, 3.63) is 69.3 Å². The third-order valence-electron chi connectivity index (χ3n) is 6.39. The molecule has 0 aliphatic heterocycles. The van der Waals surface area contributed by atoms with Crippen LogP contribution >= 0.6 is 0 Å². The molecule has 31 heavy (non-hydrogen) atoms. The maximum Gasteiger partial charge on any atom is 0.337 e. The van der Waals surface area contributed by atoms with Gasteiger partial charge in [-0.2, -0.15) is 0 Å². The highest BCUT2D eigenvalue weighted by atomic mass is 16.4. The largest absolute Gasteiger partial charge is 0.478 e. The van der Waals surface area contributed by atoms with Crippen molar-refractivity contribution in [1.29, 1.82) is 0 Å². The monoisotopic (exact) mass is 419 g/mol. The third-order valence-corrected chi connectivity index (χ3v) is 6.39. The van der Waals surface area contributed by atoms with Gasteiger partial charge in [-0.15, -0.1) is 0 Å².